The fourth-order valence-corrected chi connectivity index (χ4v) is 1.71. The van der Waals surface area contributed by atoms with Crippen LogP contribution in [0.2, 0.25) is 0 Å². The van der Waals surface area contributed by atoms with Crippen LogP contribution in [0.5, 0.6) is 0 Å². The van der Waals surface area contributed by atoms with Crippen LogP contribution in [0, 0.1) is 0 Å². The van der Waals surface area contributed by atoms with Crippen LogP contribution in [0.15, 0.2) is 0 Å². The third-order valence-corrected chi connectivity index (χ3v) is 2.48. The summed E-state index contributed by atoms with van der Waals surface area (Å²) >= 11 is 0.923. The maximum Gasteiger partial charge on any atom is 0.287 e. The molecule has 1 atom stereocenters. The second kappa shape index (κ2) is 3.88. The number of nitrogens with two attached hydrogens (primary N) is 1. The number of amides is 2. The SMILES string of the molecule is CCCN(N)C1SC(=O)NC1=O. The quantitative estimate of drug-likeness (QED) is 0.478. The first kappa shape index (κ1) is 9.50. The van der Waals surface area contributed by atoms with E-state index in [9.17, 15) is 9.59 Å². The summed E-state index contributed by atoms with van der Waals surface area (Å²) in [4.78, 5) is 21.7. The lowest BCUT2D eigenvalue weighted by atomic mass is 10.4. The van der Waals surface area contributed by atoms with Gasteiger partial charge in [-0.1, -0.05) is 6.92 Å². The van der Waals surface area contributed by atoms with Gasteiger partial charge >= 0.3 is 0 Å². The molecule has 1 heterocycles. The number of carbonyl (C=O) groups is 2. The van der Waals surface area contributed by atoms with E-state index >= 15 is 0 Å². The Kier molecular flexibility index (Phi) is 3.07. The molecule has 68 valence electrons. The van der Waals surface area contributed by atoms with Crippen molar-refractivity contribution in [1.29, 1.82) is 0 Å². The number of nitrogens with one attached hydrogen (secondary N) is 1. The molecule has 0 radical (unpaired) electrons. The van der Waals surface area contributed by atoms with Crippen molar-refractivity contribution in [1.82, 2.24) is 10.3 Å². The van der Waals surface area contributed by atoms with Gasteiger partial charge in [-0.25, -0.2) is 5.01 Å². The van der Waals surface area contributed by atoms with Crippen molar-refractivity contribution in [2.24, 2.45) is 5.84 Å². The number of hydrogen-bond donors (Lipinski definition) is 2. The second-order valence-electron chi connectivity index (χ2n) is 2.48. The van der Waals surface area contributed by atoms with Gasteiger partial charge in [-0.2, -0.15) is 0 Å². The van der Waals surface area contributed by atoms with Gasteiger partial charge in [0.1, 0.15) is 0 Å². The highest BCUT2D eigenvalue weighted by molar-refractivity contribution is 8.15. The molecular formula is C6H11N3O2S. The van der Waals surface area contributed by atoms with E-state index in [0.717, 1.165) is 18.2 Å². The monoisotopic (exact) mass is 189 g/mol. The molecular weight excluding hydrogens is 178 g/mol. The summed E-state index contributed by atoms with van der Waals surface area (Å²) in [6.07, 6.45) is 0.856. The summed E-state index contributed by atoms with van der Waals surface area (Å²) in [6, 6.07) is 0. The molecule has 0 spiro atoms. The van der Waals surface area contributed by atoms with Gasteiger partial charge in [-0.05, 0) is 18.2 Å². The van der Waals surface area contributed by atoms with Gasteiger partial charge in [0.2, 0.25) is 0 Å². The Morgan fingerprint density at radius 3 is 2.75 bits per heavy atom. The Morgan fingerprint density at radius 1 is 1.67 bits per heavy atom. The van der Waals surface area contributed by atoms with Crippen LogP contribution in [0.1, 0.15) is 13.3 Å². The van der Waals surface area contributed by atoms with E-state index in [1.165, 1.54) is 5.01 Å². The van der Waals surface area contributed by atoms with Gasteiger partial charge < -0.3 is 0 Å². The van der Waals surface area contributed by atoms with Crippen molar-refractivity contribution >= 4 is 22.9 Å². The van der Waals surface area contributed by atoms with Crippen LogP contribution < -0.4 is 11.2 Å². The summed E-state index contributed by atoms with van der Waals surface area (Å²) in [5.74, 6) is 5.22. The number of hydrazine groups is 1. The zero-order valence-electron chi connectivity index (χ0n) is 6.74. The summed E-state index contributed by atoms with van der Waals surface area (Å²) in [6.45, 7) is 2.57. The standard InChI is InChI=1S/C6H11N3O2S/c1-2-3-9(7)5-4(10)8-6(11)12-5/h5H,2-3,7H2,1H3,(H,8,10,11). The third-order valence-electron chi connectivity index (χ3n) is 1.45. The number of hydrogen-bond acceptors (Lipinski definition) is 5. The predicted octanol–water partition coefficient (Wildman–Crippen LogP) is -0.119. The predicted molar refractivity (Wildman–Crippen MR) is 46.1 cm³/mol. The number of carbonyl (C=O) groups excluding carboxylic acids is 2. The zero-order chi connectivity index (χ0) is 9.14. The fraction of sp³-hybridized carbons (Fsp3) is 0.667. The van der Waals surface area contributed by atoms with Gasteiger partial charge in [0.05, 0.1) is 0 Å². The number of imide groups is 1. The molecule has 1 aliphatic heterocycles. The first-order chi connectivity index (χ1) is 5.65. The van der Waals surface area contributed by atoms with Gasteiger partial charge in [-0.15, -0.1) is 0 Å². The lowest BCUT2D eigenvalue weighted by Crippen LogP contribution is -2.44. The minimum absolute atomic E-state index is 0.319. The molecule has 1 saturated heterocycles. The topological polar surface area (TPSA) is 75.4 Å². The molecule has 0 aromatic rings. The number of nitrogens with zero attached hydrogens (tertiary/aromatic N) is 1. The summed E-state index contributed by atoms with van der Waals surface area (Å²) in [7, 11) is 0. The maximum absolute atomic E-state index is 11.0. The Bertz CT molecular complexity index is 209. The average molecular weight is 189 g/mol. The minimum Gasteiger partial charge on any atom is -0.285 e. The molecule has 5 nitrogen and oxygen atoms in total. The Hall–Kier alpha value is -0.590. The molecule has 1 aliphatic rings. The summed E-state index contributed by atoms with van der Waals surface area (Å²) < 4.78 is 0. The Labute approximate surface area is 74.6 Å². The largest absolute Gasteiger partial charge is 0.287 e. The molecule has 0 aliphatic carbocycles. The Morgan fingerprint density at radius 2 is 2.33 bits per heavy atom. The first-order valence-corrected chi connectivity index (χ1v) is 4.56. The van der Waals surface area contributed by atoms with E-state index in [1.54, 1.807) is 0 Å². The van der Waals surface area contributed by atoms with Crippen LogP contribution in [0.3, 0.4) is 0 Å². The van der Waals surface area contributed by atoms with E-state index in [2.05, 4.69) is 5.32 Å². The van der Waals surface area contributed by atoms with Crippen molar-refractivity contribution < 1.29 is 9.59 Å². The molecule has 0 aromatic heterocycles. The van der Waals surface area contributed by atoms with Crippen LogP contribution >= 0.6 is 11.8 Å². The fourth-order valence-electron chi connectivity index (χ4n) is 0.940. The molecule has 0 saturated carbocycles. The molecule has 2 amide bonds. The van der Waals surface area contributed by atoms with Gasteiger partial charge in [-0.3, -0.25) is 20.7 Å². The molecule has 6 heteroatoms. The molecule has 3 N–H and O–H groups in total. The van der Waals surface area contributed by atoms with Crippen molar-refractivity contribution in [2.75, 3.05) is 6.54 Å². The Balaban J connectivity index is 2.51. The highest BCUT2D eigenvalue weighted by Gasteiger charge is 2.34. The van der Waals surface area contributed by atoms with Gasteiger partial charge in [0.25, 0.3) is 11.1 Å². The lowest BCUT2D eigenvalue weighted by Gasteiger charge is -2.18. The molecule has 1 unspecified atom stereocenters. The van der Waals surface area contributed by atoms with Crippen LogP contribution in [-0.4, -0.2) is 28.1 Å². The van der Waals surface area contributed by atoms with E-state index in [4.69, 9.17) is 5.84 Å². The van der Waals surface area contributed by atoms with E-state index in [0.29, 0.717) is 6.54 Å². The van der Waals surface area contributed by atoms with E-state index in [-0.39, 0.29) is 11.1 Å². The van der Waals surface area contributed by atoms with Gasteiger partial charge in [0.15, 0.2) is 5.37 Å². The second-order valence-corrected chi connectivity index (χ2v) is 3.54. The molecule has 1 rings (SSSR count). The van der Waals surface area contributed by atoms with Crippen LogP contribution in [0.4, 0.5) is 4.79 Å². The summed E-state index contributed by atoms with van der Waals surface area (Å²) in [5.41, 5.74) is 0. The highest BCUT2D eigenvalue weighted by atomic mass is 32.2. The minimum atomic E-state index is -0.544. The van der Waals surface area contributed by atoms with E-state index < -0.39 is 5.37 Å². The highest BCUT2D eigenvalue weighted by Crippen LogP contribution is 2.20. The van der Waals surface area contributed by atoms with E-state index in [1.807, 2.05) is 6.92 Å². The lowest BCUT2D eigenvalue weighted by molar-refractivity contribution is -0.121. The van der Waals surface area contributed by atoms with Crippen molar-refractivity contribution in [3.63, 3.8) is 0 Å². The zero-order valence-corrected chi connectivity index (χ0v) is 7.56. The van der Waals surface area contributed by atoms with Crippen molar-refractivity contribution in [2.45, 2.75) is 18.7 Å². The molecule has 1 fully saturated rings. The van der Waals surface area contributed by atoms with Gasteiger partial charge in [0, 0.05) is 6.54 Å². The first-order valence-electron chi connectivity index (χ1n) is 3.68. The smallest absolute Gasteiger partial charge is 0.285 e. The van der Waals surface area contributed by atoms with Crippen LogP contribution in [0.25, 0.3) is 0 Å². The third kappa shape index (κ3) is 1.96. The normalized spacial score (nSPS) is 23.4. The summed E-state index contributed by atoms with van der Waals surface area (Å²) in [5, 5.41) is 2.68. The van der Waals surface area contributed by atoms with Crippen molar-refractivity contribution in [3.05, 3.63) is 0 Å². The molecule has 0 aromatic carbocycles. The van der Waals surface area contributed by atoms with Crippen molar-refractivity contribution in [3.8, 4) is 0 Å². The van der Waals surface area contributed by atoms with Crippen LogP contribution in [-0.2, 0) is 4.79 Å². The molecule has 12 heavy (non-hydrogen) atoms. The maximum atomic E-state index is 11.0. The molecule has 0 bridgehead atoms. The number of thioether (sulfide) groups is 1. The number of rotatable bonds is 3. The average Bonchev–Trinajstić information content (AvgIpc) is 2.30.